The standard InChI is InChI=1S/C20H16O2/c1-22-19-13-11-18(12-14-19)20(21)17-9-7-16(8-10-17)15-5-3-2-4-6-15/h2-14H,1H3. The summed E-state index contributed by atoms with van der Waals surface area (Å²) in [5, 5.41) is 0. The lowest BCUT2D eigenvalue weighted by molar-refractivity contribution is 0.103. The minimum absolute atomic E-state index is 0.0160. The van der Waals surface area contributed by atoms with Crippen LogP contribution in [0.1, 0.15) is 15.9 Å². The molecule has 0 bridgehead atoms. The van der Waals surface area contributed by atoms with Gasteiger partial charge in [-0.1, -0.05) is 54.6 Å². The van der Waals surface area contributed by atoms with Crippen molar-refractivity contribution in [2.45, 2.75) is 0 Å². The minimum atomic E-state index is 0.0160. The molecule has 0 radical (unpaired) electrons. The van der Waals surface area contributed by atoms with Crippen molar-refractivity contribution in [3.63, 3.8) is 0 Å². The topological polar surface area (TPSA) is 26.3 Å². The summed E-state index contributed by atoms with van der Waals surface area (Å²) in [5.41, 5.74) is 3.59. The molecule has 0 fully saturated rings. The fraction of sp³-hybridized carbons (Fsp3) is 0.0500. The van der Waals surface area contributed by atoms with E-state index in [1.807, 2.05) is 42.5 Å². The number of hydrogen-bond donors (Lipinski definition) is 0. The van der Waals surface area contributed by atoms with Gasteiger partial charge in [-0.05, 0) is 35.4 Å². The van der Waals surface area contributed by atoms with Crippen LogP contribution < -0.4 is 4.74 Å². The maximum absolute atomic E-state index is 12.5. The molecule has 0 aliphatic carbocycles. The second-order valence-electron chi connectivity index (χ2n) is 5.00. The molecule has 0 saturated heterocycles. The average Bonchev–Trinajstić information content (AvgIpc) is 2.62. The molecule has 3 aromatic carbocycles. The third kappa shape index (κ3) is 2.91. The molecule has 0 atom stereocenters. The number of hydrogen-bond acceptors (Lipinski definition) is 2. The van der Waals surface area contributed by atoms with E-state index in [0.29, 0.717) is 11.1 Å². The molecular formula is C20H16O2. The van der Waals surface area contributed by atoms with E-state index in [2.05, 4.69) is 12.1 Å². The zero-order valence-electron chi connectivity index (χ0n) is 12.3. The number of ketones is 1. The van der Waals surface area contributed by atoms with E-state index >= 15 is 0 Å². The molecular weight excluding hydrogens is 272 g/mol. The number of ether oxygens (including phenoxy) is 1. The zero-order valence-corrected chi connectivity index (χ0v) is 12.3. The number of carbonyl (C=O) groups excluding carboxylic acids is 1. The summed E-state index contributed by atoms with van der Waals surface area (Å²) in [6, 6.07) is 25.0. The Bertz CT molecular complexity index is 757. The third-order valence-electron chi connectivity index (χ3n) is 3.61. The lowest BCUT2D eigenvalue weighted by Crippen LogP contribution is -2.00. The highest BCUT2D eigenvalue weighted by Gasteiger charge is 2.09. The number of methoxy groups -OCH3 is 1. The Morgan fingerprint density at radius 3 is 1.73 bits per heavy atom. The molecule has 3 aromatic rings. The molecule has 0 aliphatic rings. The summed E-state index contributed by atoms with van der Waals surface area (Å²) < 4.78 is 5.11. The van der Waals surface area contributed by atoms with Gasteiger partial charge in [0, 0.05) is 11.1 Å². The predicted octanol–water partition coefficient (Wildman–Crippen LogP) is 4.59. The van der Waals surface area contributed by atoms with Crippen LogP contribution in [0.4, 0.5) is 0 Å². The summed E-state index contributed by atoms with van der Waals surface area (Å²) >= 11 is 0. The molecule has 0 N–H and O–H groups in total. The molecule has 0 aliphatic heterocycles. The van der Waals surface area contributed by atoms with Crippen molar-refractivity contribution in [3.8, 4) is 16.9 Å². The number of carbonyl (C=O) groups is 1. The fourth-order valence-electron chi connectivity index (χ4n) is 2.35. The van der Waals surface area contributed by atoms with E-state index in [9.17, 15) is 4.79 Å². The Kier molecular flexibility index (Phi) is 4.01. The highest BCUT2D eigenvalue weighted by atomic mass is 16.5. The van der Waals surface area contributed by atoms with E-state index in [-0.39, 0.29) is 5.78 Å². The SMILES string of the molecule is COc1ccc(C(=O)c2ccc(-c3ccccc3)cc2)cc1. The summed E-state index contributed by atoms with van der Waals surface area (Å²) in [6.45, 7) is 0. The van der Waals surface area contributed by atoms with Crippen LogP contribution in [-0.2, 0) is 0 Å². The second-order valence-corrected chi connectivity index (χ2v) is 5.00. The Labute approximate surface area is 130 Å². The molecule has 0 amide bonds. The van der Waals surface area contributed by atoms with Gasteiger partial charge in [0.1, 0.15) is 5.75 Å². The lowest BCUT2D eigenvalue weighted by Gasteiger charge is -2.05. The Hall–Kier alpha value is -2.87. The van der Waals surface area contributed by atoms with Gasteiger partial charge in [0.25, 0.3) is 0 Å². The molecule has 2 nitrogen and oxygen atoms in total. The quantitative estimate of drug-likeness (QED) is 0.656. The molecule has 0 unspecified atom stereocenters. The van der Waals surface area contributed by atoms with Crippen LogP contribution >= 0.6 is 0 Å². The minimum Gasteiger partial charge on any atom is -0.497 e. The third-order valence-corrected chi connectivity index (χ3v) is 3.61. The monoisotopic (exact) mass is 288 g/mol. The number of rotatable bonds is 4. The van der Waals surface area contributed by atoms with Gasteiger partial charge in [0.05, 0.1) is 7.11 Å². The van der Waals surface area contributed by atoms with Crippen molar-refractivity contribution < 1.29 is 9.53 Å². The van der Waals surface area contributed by atoms with E-state index in [4.69, 9.17) is 4.74 Å². The predicted molar refractivity (Wildman–Crippen MR) is 88.3 cm³/mol. The van der Waals surface area contributed by atoms with Crippen molar-refractivity contribution >= 4 is 5.78 Å². The van der Waals surface area contributed by atoms with Crippen LogP contribution in [0, 0.1) is 0 Å². The zero-order chi connectivity index (χ0) is 15.4. The normalized spacial score (nSPS) is 10.2. The highest BCUT2D eigenvalue weighted by molar-refractivity contribution is 6.09. The smallest absolute Gasteiger partial charge is 0.193 e. The largest absolute Gasteiger partial charge is 0.497 e. The van der Waals surface area contributed by atoms with Crippen LogP contribution in [0.15, 0.2) is 78.9 Å². The Balaban J connectivity index is 1.84. The highest BCUT2D eigenvalue weighted by Crippen LogP contribution is 2.21. The first kappa shape index (κ1) is 14.1. The van der Waals surface area contributed by atoms with Crippen LogP contribution in [0.5, 0.6) is 5.75 Å². The molecule has 108 valence electrons. The van der Waals surface area contributed by atoms with Crippen molar-refractivity contribution in [1.29, 1.82) is 0 Å². The maximum Gasteiger partial charge on any atom is 0.193 e. The van der Waals surface area contributed by atoms with Gasteiger partial charge in [-0.25, -0.2) is 0 Å². The van der Waals surface area contributed by atoms with Crippen molar-refractivity contribution in [2.24, 2.45) is 0 Å². The Morgan fingerprint density at radius 1 is 0.682 bits per heavy atom. The van der Waals surface area contributed by atoms with Crippen molar-refractivity contribution in [1.82, 2.24) is 0 Å². The van der Waals surface area contributed by atoms with Crippen LogP contribution in [0.3, 0.4) is 0 Å². The molecule has 22 heavy (non-hydrogen) atoms. The summed E-state index contributed by atoms with van der Waals surface area (Å²) in [4.78, 5) is 12.5. The van der Waals surface area contributed by atoms with E-state index in [1.54, 1.807) is 31.4 Å². The molecule has 2 heteroatoms. The Morgan fingerprint density at radius 2 is 1.18 bits per heavy atom. The van der Waals surface area contributed by atoms with Crippen LogP contribution in [0.25, 0.3) is 11.1 Å². The first-order valence-corrected chi connectivity index (χ1v) is 7.12. The van der Waals surface area contributed by atoms with Crippen LogP contribution in [-0.4, -0.2) is 12.9 Å². The van der Waals surface area contributed by atoms with E-state index in [0.717, 1.165) is 16.9 Å². The van der Waals surface area contributed by atoms with E-state index < -0.39 is 0 Å². The van der Waals surface area contributed by atoms with Gasteiger partial charge in [-0.15, -0.1) is 0 Å². The van der Waals surface area contributed by atoms with Crippen LogP contribution in [0.2, 0.25) is 0 Å². The van der Waals surface area contributed by atoms with Gasteiger partial charge >= 0.3 is 0 Å². The first-order valence-electron chi connectivity index (χ1n) is 7.12. The van der Waals surface area contributed by atoms with Gasteiger partial charge in [0.15, 0.2) is 5.78 Å². The van der Waals surface area contributed by atoms with Gasteiger partial charge < -0.3 is 4.74 Å². The van der Waals surface area contributed by atoms with E-state index in [1.165, 1.54) is 0 Å². The molecule has 0 saturated carbocycles. The molecule has 3 rings (SSSR count). The molecule has 0 heterocycles. The summed E-state index contributed by atoms with van der Waals surface area (Å²) in [5.74, 6) is 0.762. The summed E-state index contributed by atoms with van der Waals surface area (Å²) in [6.07, 6.45) is 0. The summed E-state index contributed by atoms with van der Waals surface area (Å²) in [7, 11) is 1.61. The lowest BCUT2D eigenvalue weighted by atomic mass is 9.99. The van der Waals surface area contributed by atoms with Gasteiger partial charge in [0.2, 0.25) is 0 Å². The fourth-order valence-corrected chi connectivity index (χ4v) is 2.35. The maximum atomic E-state index is 12.5. The van der Waals surface area contributed by atoms with Crippen molar-refractivity contribution in [2.75, 3.05) is 7.11 Å². The average molecular weight is 288 g/mol. The first-order chi connectivity index (χ1) is 10.8. The van der Waals surface area contributed by atoms with Gasteiger partial charge in [-0.2, -0.15) is 0 Å². The molecule has 0 spiro atoms. The van der Waals surface area contributed by atoms with Crippen molar-refractivity contribution in [3.05, 3.63) is 90.0 Å². The second kappa shape index (κ2) is 6.27. The number of benzene rings is 3. The molecule has 0 aromatic heterocycles. The van der Waals surface area contributed by atoms with Gasteiger partial charge in [-0.3, -0.25) is 4.79 Å².